The summed E-state index contributed by atoms with van der Waals surface area (Å²) < 4.78 is 1.90. The van der Waals surface area contributed by atoms with E-state index in [9.17, 15) is 0 Å². The molecule has 0 radical (unpaired) electrons. The molecule has 1 rings (SSSR count). The molecular formula is C9H16ClN3. The van der Waals surface area contributed by atoms with Gasteiger partial charge < -0.3 is 5.32 Å². The molecule has 0 aliphatic carbocycles. The van der Waals surface area contributed by atoms with Gasteiger partial charge in [0.15, 0.2) is 0 Å². The average Bonchev–Trinajstić information content (AvgIpc) is 2.52. The molecule has 1 atom stereocenters. The predicted octanol–water partition coefficient (Wildman–Crippen LogP) is 2.10. The van der Waals surface area contributed by atoms with Gasteiger partial charge in [0.05, 0.1) is 17.3 Å². The first-order chi connectivity index (χ1) is 6.24. The molecule has 1 N–H and O–H groups in total. The fourth-order valence-electron chi connectivity index (χ4n) is 1.18. The lowest BCUT2D eigenvalue weighted by Gasteiger charge is -2.11. The summed E-state index contributed by atoms with van der Waals surface area (Å²) in [6.45, 7) is 6.29. The van der Waals surface area contributed by atoms with Crippen LogP contribution in [0.2, 0.25) is 5.02 Å². The fraction of sp³-hybridized carbons (Fsp3) is 0.667. The van der Waals surface area contributed by atoms with Crippen molar-refractivity contribution in [2.24, 2.45) is 0 Å². The third-order valence-electron chi connectivity index (χ3n) is 2.01. The first-order valence-electron chi connectivity index (χ1n) is 4.64. The van der Waals surface area contributed by atoms with E-state index in [4.69, 9.17) is 11.6 Å². The first kappa shape index (κ1) is 10.5. The van der Waals surface area contributed by atoms with Crippen molar-refractivity contribution in [2.75, 3.05) is 13.1 Å². The normalized spacial score (nSPS) is 13.2. The Morgan fingerprint density at radius 1 is 1.69 bits per heavy atom. The van der Waals surface area contributed by atoms with Crippen LogP contribution in [0.3, 0.4) is 0 Å². The topological polar surface area (TPSA) is 29.9 Å². The highest BCUT2D eigenvalue weighted by molar-refractivity contribution is 6.30. The SMILES string of the molecule is CCNCCC(C)n1cc(Cl)cn1. The van der Waals surface area contributed by atoms with Crippen LogP contribution in [0.4, 0.5) is 0 Å². The Morgan fingerprint density at radius 2 is 2.46 bits per heavy atom. The van der Waals surface area contributed by atoms with Crippen LogP contribution >= 0.6 is 11.6 Å². The smallest absolute Gasteiger partial charge is 0.0785 e. The highest BCUT2D eigenvalue weighted by Gasteiger charge is 2.04. The van der Waals surface area contributed by atoms with Crippen LogP contribution in [0.25, 0.3) is 0 Å². The molecule has 0 saturated heterocycles. The minimum Gasteiger partial charge on any atom is -0.317 e. The standard InChI is InChI=1S/C9H16ClN3/c1-3-11-5-4-8(2)13-7-9(10)6-12-13/h6-8,11H,3-5H2,1-2H3. The van der Waals surface area contributed by atoms with Crippen molar-refractivity contribution in [2.45, 2.75) is 26.3 Å². The van der Waals surface area contributed by atoms with E-state index in [1.54, 1.807) is 6.20 Å². The number of hydrogen-bond donors (Lipinski definition) is 1. The van der Waals surface area contributed by atoms with E-state index < -0.39 is 0 Å². The van der Waals surface area contributed by atoms with Gasteiger partial charge in [0.25, 0.3) is 0 Å². The van der Waals surface area contributed by atoms with Crippen LogP contribution in [0.5, 0.6) is 0 Å². The van der Waals surface area contributed by atoms with E-state index in [0.717, 1.165) is 19.5 Å². The second-order valence-corrected chi connectivity index (χ2v) is 3.57. The van der Waals surface area contributed by atoms with Gasteiger partial charge in [-0.15, -0.1) is 0 Å². The average molecular weight is 202 g/mol. The van der Waals surface area contributed by atoms with E-state index in [1.165, 1.54) is 0 Å². The highest BCUT2D eigenvalue weighted by Crippen LogP contribution is 2.12. The van der Waals surface area contributed by atoms with Crippen LogP contribution in [0, 0.1) is 0 Å². The molecule has 0 fully saturated rings. The van der Waals surface area contributed by atoms with Gasteiger partial charge in [0.2, 0.25) is 0 Å². The molecular weight excluding hydrogens is 186 g/mol. The van der Waals surface area contributed by atoms with Crippen LogP contribution < -0.4 is 5.32 Å². The van der Waals surface area contributed by atoms with Crippen molar-refractivity contribution in [1.82, 2.24) is 15.1 Å². The van der Waals surface area contributed by atoms with E-state index in [-0.39, 0.29) is 0 Å². The molecule has 0 bridgehead atoms. The van der Waals surface area contributed by atoms with Gasteiger partial charge in [-0.3, -0.25) is 4.68 Å². The molecule has 0 aliphatic rings. The molecule has 4 heteroatoms. The second kappa shape index (κ2) is 5.25. The maximum absolute atomic E-state index is 5.77. The molecule has 0 amide bonds. The lowest BCUT2D eigenvalue weighted by Crippen LogP contribution is -2.18. The fourth-order valence-corrected chi connectivity index (χ4v) is 1.32. The lowest BCUT2D eigenvalue weighted by atomic mass is 10.2. The zero-order chi connectivity index (χ0) is 9.68. The predicted molar refractivity (Wildman–Crippen MR) is 55.1 cm³/mol. The van der Waals surface area contributed by atoms with Crippen molar-refractivity contribution >= 4 is 11.6 Å². The number of nitrogens with zero attached hydrogens (tertiary/aromatic N) is 2. The molecule has 1 heterocycles. The maximum Gasteiger partial charge on any atom is 0.0785 e. The molecule has 0 aliphatic heterocycles. The molecule has 0 aromatic carbocycles. The third-order valence-corrected chi connectivity index (χ3v) is 2.21. The third kappa shape index (κ3) is 3.36. The van der Waals surface area contributed by atoms with Crippen molar-refractivity contribution < 1.29 is 0 Å². The summed E-state index contributed by atoms with van der Waals surface area (Å²) in [5.74, 6) is 0. The summed E-state index contributed by atoms with van der Waals surface area (Å²) in [7, 11) is 0. The van der Waals surface area contributed by atoms with Gasteiger partial charge in [-0.25, -0.2) is 0 Å². The molecule has 3 nitrogen and oxygen atoms in total. The summed E-state index contributed by atoms with van der Waals surface area (Å²) in [6, 6.07) is 0.409. The minimum atomic E-state index is 0.409. The summed E-state index contributed by atoms with van der Waals surface area (Å²) in [5, 5.41) is 8.14. The summed E-state index contributed by atoms with van der Waals surface area (Å²) in [6.07, 6.45) is 4.61. The van der Waals surface area contributed by atoms with E-state index in [0.29, 0.717) is 11.1 Å². The maximum atomic E-state index is 5.77. The van der Waals surface area contributed by atoms with Crippen LogP contribution in [-0.2, 0) is 0 Å². The molecule has 1 unspecified atom stereocenters. The van der Waals surface area contributed by atoms with Gasteiger partial charge in [0, 0.05) is 6.20 Å². The highest BCUT2D eigenvalue weighted by atomic mass is 35.5. The monoisotopic (exact) mass is 201 g/mol. The Hall–Kier alpha value is -0.540. The second-order valence-electron chi connectivity index (χ2n) is 3.13. The van der Waals surface area contributed by atoms with Gasteiger partial charge in [-0.05, 0) is 26.4 Å². The van der Waals surface area contributed by atoms with E-state index >= 15 is 0 Å². The van der Waals surface area contributed by atoms with Gasteiger partial charge >= 0.3 is 0 Å². The zero-order valence-corrected chi connectivity index (χ0v) is 8.88. The van der Waals surface area contributed by atoms with Crippen molar-refractivity contribution in [3.05, 3.63) is 17.4 Å². The molecule has 13 heavy (non-hydrogen) atoms. The van der Waals surface area contributed by atoms with Crippen LogP contribution in [-0.4, -0.2) is 22.9 Å². The van der Waals surface area contributed by atoms with Crippen molar-refractivity contribution in [3.8, 4) is 0 Å². The molecule has 1 aromatic heterocycles. The van der Waals surface area contributed by atoms with Gasteiger partial charge in [0.1, 0.15) is 0 Å². The number of halogens is 1. The van der Waals surface area contributed by atoms with Crippen molar-refractivity contribution in [1.29, 1.82) is 0 Å². The van der Waals surface area contributed by atoms with Crippen LogP contribution in [0.1, 0.15) is 26.3 Å². The summed E-state index contributed by atoms with van der Waals surface area (Å²) in [4.78, 5) is 0. The minimum absolute atomic E-state index is 0.409. The molecule has 1 aromatic rings. The number of nitrogens with one attached hydrogen (secondary N) is 1. The Bertz CT molecular complexity index is 247. The Kier molecular flexibility index (Phi) is 4.25. The summed E-state index contributed by atoms with van der Waals surface area (Å²) >= 11 is 5.77. The zero-order valence-electron chi connectivity index (χ0n) is 8.13. The lowest BCUT2D eigenvalue weighted by molar-refractivity contribution is 0.447. The Balaban J connectivity index is 2.35. The molecule has 0 spiro atoms. The molecule has 74 valence electrons. The quantitative estimate of drug-likeness (QED) is 0.740. The Morgan fingerprint density at radius 3 is 3.00 bits per heavy atom. The van der Waals surface area contributed by atoms with Crippen LogP contribution in [0.15, 0.2) is 12.4 Å². The number of rotatable bonds is 5. The largest absolute Gasteiger partial charge is 0.317 e. The Labute approximate surface area is 84.1 Å². The summed E-state index contributed by atoms with van der Waals surface area (Å²) in [5.41, 5.74) is 0. The number of aromatic nitrogens is 2. The van der Waals surface area contributed by atoms with Gasteiger partial charge in [-0.2, -0.15) is 5.10 Å². The molecule has 0 saturated carbocycles. The van der Waals surface area contributed by atoms with Gasteiger partial charge in [-0.1, -0.05) is 18.5 Å². The number of hydrogen-bond acceptors (Lipinski definition) is 2. The first-order valence-corrected chi connectivity index (χ1v) is 5.02. The van der Waals surface area contributed by atoms with E-state index in [1.807, 2.05) is 10.9 Å². The van der Waals surface area contributed by atoms with Crippen molar-refractivity contribution in [3.63, 3.8) is 0 Å². The van der Waals surface area contributed by atoms with E-state index in [2.05, 4.69) is 24.3 Å².